The molecule has 4 nitrogen and oxygen atoms in total. The minimum Gasteiger partial charge on any atom is -0.435 e. The lowest BCUT2D eigenvalue weighted by atomic mass is 10.1. The van der Waals surface area contributed by atoms with Crippen LogP contribution >= 0.6 is 0 Å². The molecular weight excluding hydrogens is 276 g/mol. The largest absolute Gasteiger partial charge is 0.435 e. The van der Waals surface area contributed by atoms with Gasteiger partial charge in [0.1, 0.15) is 11.6 Å². The molecule has 21 heavy (non-hydrogen) atoms. The van der Waals surface area contributed by atoms with Crippen LogP contribution in [0.15, 0.2) is 36.5 Å². The molecule has 0 amide bonds. The van der Waals surface area contributed by atoms with Crippen molar-refractivity contribution in [3.8, 4) is 5.75 Å². The van der Waals surface area contributed by atoms with Gasteiger partial charge in [-0.05, 0) is 37.6 Å². The van der Waals surface area contributed by atoms with Crippen LogP contribution < -0.4 is 10.1 Å². The van der Waals surface area contributed by atoms with E-state index in [0.29, 0.717) is 6.54 Å². The highest BCUT2D eigenvalue weighted by Gasteiger charge is 2.08. The van der Waals surface area contributed by atoms with E-state index in [2.05, 4.69) is 20.0 Å². The summed E-state index contributed by atoms with van der Waals surface area (Å²) in [6.45, 7) is 1.65. The van der Waals surface area contributed by atoms with Crippen molar-refractivity contribution in [2.45, 2.75) is 33.0 Å². The number of ether oxygens (including phenoxy) is 1. The van der Waals surface area contributed by atoms with Crippen molar-refractivity contribution < 1.29 is 13.5 Å². The molecule has 1 aromatic heterocycles. The maximum Gasteiger partial charge on any atom is 0.387 e. The molecule has 0 aliphatic rings. The van der Waals surface area contributed by atoms with Gasteiger partial charge in [-0.15, -0.1) is 0 Å². The average molecular weight is 293 g/mol. The summed E-state index contributed by atoms with van der Waals surface area (Å²) in [6.07, 6.45) is 1.72. The van der Waals surface area contributed by atoms with Gasteiger partial charge in [-0.2, -0.15) is 8.78 Å². The molecule has 0 saturated carbocycles. The van der Waals surface area contributed by atoms with E-state index >= 15 is 0 Å². The molecule has 1 atom stereocenters. The van der Waals surface area contributed by atoms with Crippen molar-refractivity contribution in [3.05, 3.63) is 53.6 Å². The molecule has 0 aliphatic carbocycles. The first-order valence-corrected chi connectivity index (χ1v) is 6.61. The third-order valence-corrected chi connectivity index (χ3v) is 3.03. The molecule has 0 saturated heterocycles. The van der Waals surface area contributed by atoms with Gasteiger partial charge in [-0.25, -0.2) is 9.97 Å². The van der Waals surface area contributed by atoms with Crippen LogP contribution in [-0.2, 0) is 6.54 Å². The first kappa shape index (κ1) is 15.3. The van der Waals surface area contributed by atoms with Crippen molar-refractivity contribution in [2.24, 2.45) is 0 Å². The molecule has 2 rings (SSSR count). The molecule has 1 heterocycles. The van der Waals surface area contributed by atoms with E-state index in [1.165, 1.54) is 12.1 Å². The summed E-state index contributed by atoms with van der Waals surface area (Å²) in [4.78, 5) is 8.35. The fourth-order valence-corrected chi connectivity index (χ4v) is 1.92. The minimum absolute atomic E-state index is 0.0703. The van der Waals surface area contributed by atoms with Crippen LogP contribution in [-0.4, -0.2) is 16.6 Å². The van der Waals surface area contributed by atoms with E-state index < -0.39 is 6.61 Å². The Kier molecular flexibility index (Phi) is 5.16. The van der Waals surface area contributed by atoms with Crippen LogP contribution in [0, 0.1) is 6.92 Å². The van der Waals surface area contributed by atoms with Crippen LogP contribution in [0.3, 0.4) is 0 Å². The Morgan fingerprint density at radius 3 is 2.52 bits per heavy atom. The molecule has 0 spiro atoms. The molecule has 1 N–H and O–H groups in total. The number of alkyl halides is 2. The van der Waals surface area contributed by atoms with Gasteiger partial charge in [0.15, 0.2) is 0 Å². The Morgan fingerprint density at radius 1 is 1.19 bits per heavy atom. The van der Waals surface area contributed by atoms with Gasteiger partial charge in [0.25, 0.3) is 0 Å². The number of nitrogens with zero attached hydrogens (tertiary/aromatic N) is 2. The molecule has 1 unspecified atom stereocenters. The van der Waals surface area contributed by atoms with Gasteiger partial charge in [-0.3, -0.25) is 0 Å². The Morgan fingerprint density at radius 2 is 1.90 bits per heavy atom. The quantitative estimate of drug-likeness (QED) is 0.888. The number of aryl methyl sites for hydroxylation is 1. The SMILES string of the molecule is Cc1nccc(CNC(C)c2ccc(OC(F)F)cc2)n1. The first-order valence-electron chi connectivity index (χ1n) is 6.61. The Hall–Kier alpha value is -2.08. The first-order chi connectivity index (χ1) is 10.0. The van der Waals surface area contributed by atoms with Gasteiger partial charge < -0.3 is 10.1 Å². The molecule has 1 aromatic carbocycles. The summed E-state index contributed by atoms with van der Waals surface area (Å²) >= 11 is 0. The minimum atomic E-state index is -2.80. The monoisotopic (exact) mass is 293 g/mol. The Labute approximate surface area is 122 Å². The molecule has 2 aromatic rings. The topological polar surface area (TPSA) is 47.0 Å². The summed E-state index contributed by atoms with van der Waals surface area (Å²) in [6, 6.07) is 8.53. The van der Waals surface area contributed by atoms with Gasteiger partial charge in [0.2, 0.25) is 0 Å². The van der Waals surface area contributed by atoms with Crippen molar-refractivity contribution in [1.82, 2.24) is 15.3 Å². The number of aromatic nitrogens is 2. The van der Waals surface area contributed by atoms with Crippen molar-refractivity contribution >= 4 is 0 Å². The maximum absolute atomic E-state index is 12.1. The third kappa shape index (κ3) is 4.75. The Bertz CT molecular complexity index is 575. The molecule has 0 bridgehead atoms. The zero-order valence-corrected chi connectivity index (χ0v) is 11.9. The molecule has 0 aliphatic heterocycles. The molecule has 0 radical (unpaired) electrons. The average Bonchev–Trinajstić information content (AvgIpc) is 2.45. The maximum atomic E-state index is 12.1. The van der Waals surface area contributed by atoms with Gasteiger partial charge in [0, 0.05) is 18.8 Å². The predicted octanol–water partition coefficient (Wildman–Crippen LogP) is 3.24. The second-order valence-corrected chi connectivity index (χ2v) is 4.65. The number of nitrogens with one attached hydrogen (secondary N) is 1. The fraction of sp³-hybridized carbons (Fsp3) is 0.333. The van der Waals surface area contributed by atoms with Crippen molar-refractivity contribution in [2.75, 3.05) is 0 Å². The normalized spacial score (nSPS) is 12.4. The second kappa shape index (κ2) is 7.08. The zero-order valence-electron chi connectivity index (χ0n) is 11.9. The van der Waals surface area contributed by atoms with Crippen LogP contribution in [0.5, 0.6) is 5.75 Å². The van der Waals surface area contributed by atoms with Crippen LogP contribution in [0.1, 0.15) is 30.0 Å². The molecule has 0 fully saturated rings. The van der Waals surface area contributed by atoms with E-state index in [9.17, 15) is 8.78 Å². The summed E-state index contributed by atoms with van der Waals surface area (Å²) in [5.74, 6) is 0.892. The van der Waals surface area contributed by atoms with Gasteiger partial charge in [-0.1, -0.05) is 12.1 Å². The molecular formula is C15H17F2N3O. The van der Waals surface area contributed by atoms with E-state index in [4.69, 9.17) is 0 Å². The summed E-state index contributed by atoms with van der Waals surface area (Å²) in [5, 5.41) is 3.32. The Balaban J connectivity index is 1.92. The molecule has 112 valence electrons. The molecule has 6 heteroatoms. The number of hydrogen-bond donors (Lipinski definition) is 1. The van der Waals surface area contributed by atoms with Gasteiger partial charge in [0.05, 0.1) is 5.69 Å². The zero-order chi connectivity index (χ0) is 15.2. The van der Waals surface area contributed by atoms with Crippen molar-refractivity contribution in [3.63, 3.8) is 0 Å². The van der Waals surface area contributed by atoms with E-state index in [1.807, 2.05) is 19.9 Å². The van der Waals surface area contributed by atoms with Gasteiger partial charge >= 0.3 is 6.61 Å². The lowest BCUT2D eigenvalue weighted by Crippen LogP contribution is -2.19. The summed E-state index contributed by atoms with van der Waals surface area (Å²) < 4.78 is 28.5. The standard InChI is InChI=1S/C15H17F2N3O/c1-10(19-9-13-7-8-18-11(2)20-13)12-3-5-14(6-4-12)21-15(16)17/h3-8,10,15,19H,9H2,1-2H3. The number of hydrogen-bond acceptors (Lipinski definition) is 4. The van der Waals surface area contributed by atoms with Crippen molar-refractivity contribution in [1.29, 1.82) is 0 Å². The highest BCUT2D eigenvalue weighted by molar-refractivity contribution is 5.29. The summed E-state index contributed by atoms with van der Waals surface area (Å²) in [7, 11) is 0. The van der Waals surface area contributed by atoms with E-state index in [-0.39, 0.29) is 11.8 Å². The highest BCUT2D eigenvalue weighted by atomic mass is 19.3. The number of halogens is 2. The number of benzene rings is 1. The van der Waals surface area contributed by atoms with Crippen LogP contribution in [0.25, 0.3) is 0 Å². The summed E-state index contributed by atoms with van der Waals surface area (Å²) in [5.41, 5.74) is 1.90. The van der Waals surface area contributed by atoms with E-state index in [0.717, 1.165) is 17.1 Å². The smallest absolute Gasteiger partial charge is 0.387 e. The van der Waals surface area contributed by atoms with Crippen LogP contribution in [0.2, 0.25) is 0 Å². The lowest BCUT2D eigenvalue weighted by Gasteiger charge is -2.14. The predicted molar refractivity (Wildman–Crippen MR) is 75.1 cm³/mol. The lowest BCUT2D eigenvalue weighted by molar-refractivity contribution is -0.0498. The van der Waals surface area contributed by atoms with Crippen LogP contribution in [0.4, 0.5) is 8.78 Å². The third-order valence-electron chi connectivity index (χ3n) is 3.03. The van der Waals surface area contributed by atoms with E-state index in [1.54, 1.807) is 18.3 Å². The number of rotatable bonds is 6. The fourth-order valence-electron chi connectivity index (χ4n) is 1.92. The second-order valence-electron chi connectivity index (χ2n) is 4.65. The highest BCUT2D eigenvalue weighted by Crippen LogP contribution is 2.19.